The van der Waals surface area contributed by atoms with Crippen LogP contribution in [0.2, 0.25) is 25.7 Å². The number of rotatable bonds is 6. The molecule has 1 atom stereocenters. The van der Waals surface area contributed by atoms with Crippen molar-refractivity contribution in [2.24, 2.45) is 4.99 Å². The van der Waals surface area contributed by atoms with E-state index in [1.54, 1.807) is 0 Å². The largest absolute Gasteiger partial charge is 0.468 e. The van der Waals surface area contributed by atoms with E-state index in [0.717, 1.165) is 18.2 Å². The van der Waals surface area contributed by atoms with Gasteiger partial charge in [0.1, 0.15) is 6.04 Å². The maximum Gasteiger partial charge on any atom is 0.338 e. The fourth-order valence-electron chi connectivity index (χ4n) is 2.70. The number of aliphatic imine (C=N–C) groups is 1. The number of ketones is 1. The summed E-state index contributed by atoms with van der Waals surface area (Å²) in [6, 6.07) is 2.80. The van der Waals surface area contributed by atoms with Gasteiger partial charge in [-0.25, -0.2) is 13.6 Å². The average Bonchev–Trinajstić information content (AvgIpc) is 2.65. The molecule has 152 valence electrons. The van der Waals surface area contributed by atoms with E-state index in [2.05, 4.69) is 30.0 Å². The van der Waals surface area contributed by atoms with Crippen LogP contribution in [0.5, 0.6) is 0 Å². The second kappa shape index (κ2) is 8.64. The van der Waals surface area contributed by atoms with Crippen molar-refractivity contribution in [3.63, 3.8) is 0 Å². The van der Waals surface area contributed by atoms with Gasteiger partial charge in [-0.15, -0.1) is 0 Å². The molecule has 1 aromatic rings. The number of esters is 1. The zero-order valence-electron chi connectivity index (χ0n) is 16.6. The number of benzene rings is 1. The van der Waals surface area contributed by atoms with Gasteiger partial charge in [0.25, 0.3) is 6.02 Å². The summed E-state index contributed by atoms with van der Waals surface area (Å²) in [6.07, 6.45) is 0.260. The van der Waals surface area contributed by atoms with Gasteiger partial charge in [-0.05, 0) is 18.2 Å². The van der Waals surface area contributed by atoms with Gasteiger partial charge in [0, 0.05) is 20.1 Å². The third kappa shape index (κ3) is 5.03. The molecule has 28 heavy (non-hydrogen) atoms. The van der Waals surface area contributed by atoms with Crippen molar-refractivity contribution in [3.05, 3.63) is 41.0 Å². The lowest BCUT2D eigenvalue weighted by Gasteiger charge is -2.27. The number of hydrogen-bond acceptors (Lipinski definition) is 6. The Balaban J connectivity index is 2.57. The Hall–Kier alpha value is -2.55. The Morgan fingerprint density at radius 3 is 2.39 bits per heavy atom. The van der Waals surface area contributed by atoms with E-state index in [9.17, 15) is 18.4 Å². The van der Waals surface area contributed by atoms with Crippen LogP contribution < -0.4 is 5.32 Å². The van der Waals surface area contributed by atoms with Crippen molar-refractivity contribution in [2.75, 3.05) is 14.2 Å². The molecule has 9 heteroatoms. The van der Waals surface area contributed by atoms with Gasteiger partial charge in [0.2, 0.25) is 0 Å². The van der Waals surface area contributed by atoms with Crippen LogP contribution >= 0.6 is 0 Å². The topological polar surface area (TPSA) is 77.0 Å². The predicted octanol–water partition coefficient (Wildman–Crippen LogP) is 3.12. The minimum Gasteiger partial charge on any atom is -0.468 e. The fourth-order valence-corrected chi connectivity index (χ4v) is 3.70. The number of amidine groups is 1. The molecule has 0 bridgehead atoms. The summed E-state index contributed by atoms with van der Waals surface area (Å²) in [5.74, 6) is -3.13. The van der Waals surface area contributed by atoms with Crippen molar-refractivity contribution < 1.29 is 27.8 Å². The second-order valence-corrected chi connectivity index (χ2v) is 13.2. The summed E-state index contributed by atoms with van der Waals surface area (Å²) >= 11 is 0. The van der Waals surface area contributed by atoms with Gasteiger partial charge in [-0.1, -0.05) is 25.7 Å². The molecule has 1 aromatic carbocycles. The number of nitrogens with one attached hydrogen (secondary N) is 1. The molecule has 6 nitrogen and oxygen atoms in total. The highest BCUT2D eigenvalue weighted by Crippen LogP contribution is 2.29. The first-order chi connectivity index (χ1) is 13.1. The van der Waals surface area contributed by atoms with Crippen molar-refractivity contribution in [1.82, 2.24) is 5.32 Å². The first-order valence-corrected chi connectivity index (χ1v) is 12.5. The van der Waals surface area contributed by atoms with Crippen LogP contribution in [-0.2, 0) is 19.1 Å². The number of hydrogen-bond donors (Lipinski definition) is 1. The molecular formula is C19H24F2N2O4Si. The number of nitrogens with zero attached hydrogens (tertiary/aromatic N) is 1. The molecule has 0 aromatic heterocycles. The van der Waals surface area contributed by atoms with Crippen LogP contribution in [0, 0.1) is 11.6 Å². The minimum atomic E-state index is -1.49. The standard InChI is InChI=1S/C19H24F2N2O4Si/c1-26-18(25)15-16(11-6-7-12(20)13(21)10-11)22-19(27-2)23-17(15)14(24)8-9-28(3,4)5/h6-7,10,17H,8-9H2,1-5H3,(H,22,23). The number of ether oxygens (including phenoxy) is 2. The maximum atomic E-state index is 13.8. The van der Waals surface area contributed by atoms with E-state index >= 15 is 0 Å². The van der Waals surface area contributed by atoms with E-state index in [1.807, 2.05) is 0 Å². The van der Waals surface area contributed by atoms with Crippen molar-refractivity contribution in [3.8, 4) is 0 Å². The molecule has 0 aliphatic carbocycles. The van der Waals surface area contributed by atoms with Crippen LogP contribution in [0.1, 0.15) is 12.0 Å². The van der Waals surface area contributed by atoms with Crippen LogP contribution in [0.25, 0.3) is 5.70 Å². The van der Waals surface area contributed by atoms with Crippen LogP contribution in [-0.4, -0.2) is 46.1 Å². The number of methoxy groups -OCH3 is 2. The molecule has 1 unspecified atom stereocenters. The molecule has 0 amide bonds. The van der Waals surface area contributed by atoms with Gasteiger partial charge >= 0.3 is 5.97 Å². The van der Waals surface area contributed by atoms with Gasteiger partial charge in [-0.3, -0.25) is 4.79 Å². The van der Waals surface area contributed by atoms with Gasteiger partial charge in [-0.2, -0.15) is 4.99 Å². The predicted molar refractivity (Wildman–Crippen MR) is 104 cm³/mol. The Kier molecular flexibility index (Phi) is 6.71. The van der Waals surface area contributed by atoms with Crippen molar-refractivity contribution in [2.45, 2.75) is 38.1 Å². The number of halogens is 2. The molecule has 0 spiro atoms. The summed E-state index contributed by atoms with van der Waals surface area (Å²) in [7, 11) is 1.03. The van der Waals surface area contributed by atoms with E-state index in [4.69, 9.17) is 9.47 Å². The number of Topliss-reactive ketones (excluding diaryl/α,β-unsaturated/α-hetero) is 1. The molecule has 0 saturated carbocycles. The molecule has 1 N–H and O–H groups in total. The van der Waals surface area contributed by atoms with E-state index in [0.29, 0.717) is 0 Å². The molecular weight excluding hydrogens is 386 g/mol. The highest BCUT2D eigenvalue weighted by atomic mass is 28.3. The zero-order chi connectivity index (χ0) is 21.1. The lowest BCUT2D eigenvalue weighted by molar-refractivity contribution is -0.137. The summed E-state index contributed by atoms with van der Waals surface area (Å²) in [4.78, 5) is 29.5. The third-order valence-corrected chi connectivity index (χ3v) is 6.01. The van der Waals surface area contributed by atoms with E-state index in [1.165, 1.54) is 20.3 Å². The highest BCUT2D eigenvalue weighted by Gasteiger charge is 2.36. The SMILES string of the molecule is COC(=O)C1=C(c2ccc(F)c(F)c2)N=C(OC)NC1C(=O)CC[Si](C)(C)C. The van der Waals surface area contributed by atoms with Crippen LogP contribution in [0.3, 0.4) is 0 Å². The second-order valence-electron chi connectivity index (χ2n) is 7.61. The summed E-state index contributed by atoms with van der Waals surface area (Å²) in [5.41, 5.74) is 0.0842. The Bertz CT molecular complexity index is 847. The van der Waals surface area contributed by atoms with E-state index < -0.39 is 31.7 Å². The van der Waals surface area contributed by atoms with Crippen molar-refractivity contribution in [1.29, 1.82) is 0 Å². The first kappa shape index (κ1) is 21.7. The Labute approximate surface area is 163 Å². The lowest BCUT2D eigenvalue weighted by Crippen LogP contribution is -2.47. The molecule has 1 aliphatic rings. The molecule has 1 aliphatic heterocycles. The number of carbonyl (C=O) groups excluding carboxylic acids is 2. The highest BCUT2D eigenvalue weighted by molar-refractivity contribution is 6.76. The smallest absolute Gasteiger partial charge is 0.338 e. The molecule has 0 fully saturated rings. The monoisotopic (exact) mass is 410 g/mol. The van der Waals surface area contributed by atoms with Gasteiger partial charge in [0.05, 0.1) is 25.5 Å². The lowest BCUT2D eigenvalue weighted by atomic mass is 9.94. The quantitative estimate of drug-likeness (QED) is 0.576. The normalized spacial score (nSPS) is 17.0. The molecule has 0 saturated heterocycles. The van der Waals surface area contributed by atoms with Crippen LogP contribution in [0.4, 0.5) is 8.78 Å². The molecule has 1 heterocycles. The third-order valence-electron chi connectivity index (χ3n) is 4.26. The summed E-state index contributed by atoms with van der Waals surface area (Å²) in [5, 5.41) is 2.80. The Morgan fingerprint density at radius 2 is 1.86 bits per heavy atom. The minimum absolute atomic E-state index is 0.00117. The molecule has 2 rings (SSSR count). The Morgan fingerprint density at radius 1 is 1.18 bits per heavy atom. The van der Waals surface area contributed by atoms with Crippen LogP contribution in [0.15, 0.2) is 28.8 Å². The fraction of sp³-hybridized carbons (Fsp3) is 0.421. The average molecular weight is 410 g/mol. The van der Waals surface area contributed by atoms with Crippen molar-refractivity contribution >= 4 is 31.5 Å². The summed E-state index contributed by atoms with van der Waals surface area (Å²) in [6.45, 7) is 6.42. The molecule has 0 radical (unpaired) electrons. The zero-order valence-corrected chi connectivity index (χ0v) is 17.6. The number of carbonyl (C=O) groups is 2. The van der Waals surface area contributed by atoms with E-state index in [-0.39, 0.29) is 35.1 Å². The van der Waals surface area contributed by atoms with Gasteiger partial charge < -0.3 is 14.8 Å². The first-order valence-electron chi connectivity index (χ1n) is 8.77. The maximum absolute atomic E-state index is 13.8. The van der Waals surface area contributed by atoms with Gasteiger partial charge in [0.15, 0.2) is 17.4 Å². The summed E-state index contributed by atoms with van der Waals surface area (Å²) < 4.78 is 37.1.